The van der Waals surface area contributed by atoms with Crippen LogP contribution >= 0.6 is 23.5 Å². The van der Waals surface area contributed by atoms with E-state index in [2.05, 4.69) is 25.2 Å². The summed E-state index contributed by atoms with van der Waals surface area (Å²) in [6, 6.07) is 9.44. The first kappa shape index (κ1) is 16.8. The average Bonchev–Trinajstić information content (AvgIpc) is 2.49. The van der Waals surface area contributed by atoms with Gasteiger partial charge >= 0.3 is 0 Å². The summed E-state index contributed by atoms with van der Waals surface area (Å²) in [4.78, 5) is 15.6. The third-order valence-electron chi connectivity index (χ3n) is 2.47. The first-order valence-corrected chi connectivity index (χ1v) is 8.31. The third kappa shape index (κ3) is 6.78. The average molecular weight is 305 g/mol. The summed E-state index contributed by atoms with van der Waals surface area (Å²) in [6.07, 6.45) is 0.579. The zero-order chi connectivity index (χ0) is 14.8. The highest BCUT2D eigenvalue weighted by atomic mass is 32.2. The van der Waals surface area contributed by atoms with Gasteiger partial charge in [-0.2, -0.15) is 11.8 Å². The predicted octanol–water partition coefficient (Wildman–Crippen LogP) is 4.80. The highest BCUT2D eigenvalue weighted by molar-refractivity contribution is 8.05. The molecule has 0 saturated heterocycles. The lowest BCUT2D eigenvalue weighted by Crippen LogP contribution is -2.00. The molecule has 0 unspecified atom stereocenters. The van der Waals surface area contributed by atoms with Crippen molar-refractivity contribution < 1.29 is 4.79 Å². The van der Waals surface area contributed by atoms with Gasteiger partial charge in [0.05, 0.1) is 5.03 Å². The van der Waals surface area contributed by atoms with Gasteiger partial charge in [0.25, 0.3) is 0 Å². The molecule has 1 rings (SSSR count). The summed E-state index contributed by atoms with van der Waals surface area (Å²) in [5.41, 5.74) is 2.04. The summed E-state index contributed by atoms with van der Waals surface area (Å²) in [7, 11) is 0. The maximum Gasteiger partial charge on any atom is 0.163 e. The van der Waals surface area contributed by atoms with Crippen molar-refractivity contribution >= 4 is 36.0 Å². The Morgan fingerprint density at radius 3 is 2.70 bits per heavy atom. The summed E-state index contributed by atoms with van der Waals surface area (Å²) < 4.78 is 0. The molecule has 0 aliphatic rings. The van der Waals surface area contributed by atoms with Gasteiger partial charge in [0.1, 0.15) is 0 Å². The first-order chi connectivity index (χ1) is 9.63. The fraction of sp³-hybridized carbons (Fsp3) is 0.250. The Morgan fingerprint density at radius 2 is 2.05 bits per heavy atom. The number of thioether (sulfide) groups is 2. The fourth-order valence-corrected chi connectivity index (χ4v) is 2.89. The Bertz CT molecular complexity index is 494. The normalized spacial score (nSPS) is 11.2. The fourth-order valence-electron chi connectivity index (χ4n) is 1.41. The number of benzene rings is 1. The first-order valence-electron chi connectivity index (χ1n) is 6.27. The molecule has 4 heteroatoms. The van der Waals surface area contributed by atoms with Gasteiger partial charge in [0, 0.05) is 23.5 Å². The molecule has 106 valence electrons. The second kappa shape index (κ2) is 9.61. The van der Waals surface area contributed by atoms with E-state index < -0.39 is 0 Å². The summed E-state index contributed by atoms with van der Waals surface area (Å²) in [5, 5.41) is 2.73. The lowest BCUT2D eigenvalue weighted by atomic mass is 10.1. The Labute approximate surface area is 129 Å². The van der Waals surface area contributed by atoms with Crippen LogP contribution < -0.4 is 0 Å². The van der Waals surface area contributed by atoms with Crippen molar-refractivity contribution in [2.24, 2.45) is 4.99 Å². The van der Waals surface area contributed by atoms with Crippen molar-refractivity contribution in [3.05, 3.63) is 58.5 Å². The van der Waals surface area contributed by atoms with Crippen LogP contribution in [0.25, 0.3) is 0 Å². The quantitative estimate of drug-likeness (QED) is 0.373. The predicted molar refractivity (Wildman–Crippen MR) is 92.8 cm³/mol. The minimum atomic E-state index is 0.207. The standard InChI is InChI=1S/C16H19NOS2/c1-13(12-20-14(2)17-3)11-19-10-9-16(18)15-7-5-4-6-8-15/h4-8,12H,2-3,9-11H2,1H3/b13-12+. The van der Waals surface area contributed by atoms with Crippen molar-refractivity contribution in [2.45, 2.75) is 13.3 Å². The molecule has 0 aliphatic heterocycles. The highest BCUT2D eigenvalue weighted by Crippen LogP contribution is 2.19. The van der Waals surface area contributed by atoms with Gasteiger partial charge in [0.15, 0.2) is 5.78 Å². The molecule has 0 N–H and O–H groups in total. The van der Waals surface area contributed by atoms with E-state index in [1.165, 1.54) is 17.3 Å². The van der Waals surface area contributed by atoms with Crippen LogP contribution in [0.3, 0.4) is 0 Å². The van der Waals surface area contributed by atoms with E-state index in [1.807, 2.05) is 35.7 Å². The number of ketones is 1. The smallest absolute Gasteiger partial charge is 0.163 e. The highest BCUT2D eigenvalue weighted by Gasteiger charge is 2.04. The van der Waals surface area contributed by atoms with Crippen LogP contribution in [0.1, 0.15) is 23.7 Å². The molecule has 0 radical (unpaired) electrons. The number of aliphatic imine (C=N–C) groups is 1. The third-order valence-corrected chi connectivity index (χ3v) is 4.55. The van der Waals surface area contributed by atoms with Gasteiger partial charge in [0.2, 0.25) is 0 Å². The van der Waals surface area contributed by atoms with E-state index in [0.29, 0.717) is 11.4 Å². The van der Waals surface area contributed by atoms with Crippen LogP contribution in [0.5, 0.6) is 0 Å². The summed E-state index contributed by atoms with van der Waals surface area (Å²) >= 11 is 3.25. The Hall–Kier alpha value is -1.26. The lowest BCUT2D eigenvalue weighted by molar-refractivity contribution is 0.0989. The molecule has 0 heterocycles. The minimum absolute atomic E-state index is 0.207. The van der Waals surface area contributed by atoms with E-state index >= 15 is 0 Å². The number of carbonyl (C=O) groups excluding carboxylic acids is 1. The molecule has 0 aromatic heterocycles. The number of hydrogen-bond donors (Lipinski definition) is 0. The maximum atomic E-state index is 11.9. The molecule has 0 spiro atoms. The van der Waals surface area contributed by atoms with Gasteiger partial charge in [-0.3, -0.25) is 9.79 Å². The van der Waals surface area contributed by atoms with Crippen LogP contribution in [0, 0.1) is 0 Å². The van der Waals surface area contributed by atoms with E-state index in [9.17, 15) is 4.79 Å². The number of nitrogens with zero attached hydrogens (tertiary/aromatic N) is 1. The largest absolute Gasteiger partial charge is 0.294 e. The van der Waals surface area contributed by atoms with E-state index in [1.54, 1.807) is 11.8 Å². The summed E-state index contributed by atoms with van der Waals surface area (Å²) in [5.74, 6) is 1.96. The minimum Gasteiger partial charge on any atom is -0.294 e. The van der Waals surface area contributed by atoms with Crippen molar-refractivity contribution in [1.82, 2.24) is 0 Å². The summed E-state index contributed by atoms with van der Waals surface area (Å²) in [6.45, 7) is 9.22. The zero-order valence-corrected chi connectivity index (χ0v) is 13.3. The molecular formula is C16H19NOS2. The van der Waals surface area contributed by atoms with E-state index in [4.69, 9.17) is 0 Å². The lowest BCUT2D eigenvalue weighted by Gasteiger charge is -2.03. The Balaban J connectivity index is 2.23. The molecule has 20 heavy (non-hydrogen) atoms. The molecule has 2 nitrogen and oxygen atoms in total. The Morgan fingerprint density at radius 1 is 1.35 bits per heavy atom. The number of Topliss-reactive ketones (excluding diaryl/α,β-unsaturated/α-hetero) is 1. The maximum absolute atomic E-state index is 11.9. The zero-order valence-electron chi connectivity index (χ0n) is 11.7. The van der Waals surface area contributed by atoms with Gasteiger partial charge < -0.3 is 0 Å². The monoisotopic (exact) mass is 305 g/mol. The molecule has 0 saturated carbocycles. The molecule has 1 aromatic rings. The van der Waals surface area contributed by atoms with Crippen molar-refractivity contribution in [1.29, 1.82) is 0 Å². The van der Waals surface area contributed by atoms with Gasteiger partial charge in [-0.05, 0) is 19.0 Å². The molecule has 1 aromatic carbocycles. The van der Waals surface area contributed by atoms with Gasteiger partial charge in [-0.25, -0.2) is 0 Å². The molecule has 0 aliphatic carbocycles. The van der Waals surface area contributed by atoms with Gasteiger partial charge in [-0.15, -0.1) is 0 Å². The number of carbonyl (C=O) groups is 1. The van der Waals surface area contributed by atoms with Crippen LogP contribution in [-0.2, 0) is 0 Å². The second-order valence-electron chi connectivity index (χ2n) is 4.23. The molecular weight excluding hydrogens is 286 g/mol. The number of hydrogen-bond acceptors (Lipinski definition) is 4. The van der Waals surface area contributed by atoms with Gasteiger partial charge in [-0.1, -0.05) is 54.2 Å². The topological polar surface area (TPSA) is 29.4 Å². The Kier molecular flexibility index (Phi) is 8.07. The SMILES string of the molecule is C=NC(=C)S/C=C(\C)CSCCC(=O)c1ccccc1. The molecule has 0 amide bonds. The van der Waals surface area contributed by atoms with Crippen LogP contribution in [0.15, 0.2) is 57.9 Å². The molecule has 0 bridgehead atoms. The van der Waals surface area contributed by atoms with E-state index in [-0.39, 0.29) is 5.78 Å². The van der Waals surface area contributed by atoms with Crippen molar-refractivity contribution in [3.63, 3.8) is 0 Å². The van der Waals surface area contributed by atoms with E-state index in [0.717, 1.165) is 17.1 Å². The van der Waals surface area contributed by atoms with Crippen LogP contribution in [0.2, 0.25) is 0 Å². The van der Waals surface area contributed by atoms with Crippen molar-refractivity contribution in [2.75, 3.05) is 11.5 Å². The van der Waals surface area contributed by atoms with Crippen LogP contribution in [0.4, 0.5) is 0 Å². The van der Waals surface area contributed by atoms with Crippen molar-refractivity contribution in [3.8, 4) is 0 Å². The van der Waals surface area contributed by atoms with Crippen LogP contribution in [-0.4, -0.2) is 24.0 Å². The number of rotatable bonds is 9. The second-order valence-corrected chi connectivity index (χ2v) is 6.27. The molecule has 0 atom stereocenters. The molecule has 0 fully saturated rings.